The topological polar surface area (TPSA) is 88.5 Å². The molecule has 0 radical (unpaired) electrons. The summed E-state index contributed by atoms with van der Waals surface area (Å²) in [4.78, 5) is 25.7. The monoisotopic (exact) mass is 341 g/mol. The number of rotatable bonds is 6. The van der Waals surface area contributed by atoms with Gasteiger partial charge in [-0.1, -0.05) is 0 Å². The summed E-state index contributed by atoms with van der Waals surface area (Å²) >= 11 is 0. The fourth-order valence-corrected chi connectivity index (χ4v) is 3.67. The van der Waals surface area contributed by atoms with E-state index in [9.17, 15) is 18.0 Å². The second kappa shape index (κ2) is 6.74. The summed E-state index contributed by atoms with van der Waals surface area (Å²) in [5.74, 6) is -0.0641. The molecule has 128 valence electrons. The lowest BCUT2D eigenvalue weighted by atomic mass is 10.3. The van der Waals surface area contributed by atoms with Crippen LogP contribution >= 0.6 is 0 Å². The molecule has 1 N–H and O–H groups in total. The summed E-state index contributed by atoms with van der Waals surface area (Å²) < 4.78 is 24.5. The third-order valence-electron chi connectivity index (χ3n) is 3.77. The molecule has 0 aliphatic heterocycles. The van der Waals surface area contributed by atoms with Crippen LogP contribution in [0, 0.1) is 0 Å². The van der Waals surface area contributed by atoms with Gasteiger partial charge in [0.2, 0.25) is 0 Å². The summed E-state index contributed by atoms with van der Waals surface area (Å²) in [5, 5.41) is 2.76. The van der Waals surface area contributed by atoms with Crippen LogP contribution in [-0.4, -0.2) is 48.0 Å². The third-order valence-corrected chi connectivity index (χ3v) is 4.86. The number of nitrogens with zero attached hydrogens (tertiary/aromatic N) is 2. The van der Waals surface area contributed by atoms with Crippen molar-refractivity contribution in [2.45, 2.75) is 45.3 Å². The molecule has 23 heavy (non-hydrogen) atoms. The predicted octanol–water partition coefficient (Wildman–Crippen LogP) is 1.30. The van der Waals surface area contributed by atoms with Gasteiger partial charge in [0.25, 0.3) is 5.56 Å². The maximum Gasteiger partial charge on any atom is 0.322 e. The van der Waals surface area contributed by atoms with Crippen LogP contribution in [0.2, 0.25) is 0 Å². The van der Waals surface area contributed by atoms with Gasteiger partial charge in [-0.25, -0.2) is 13.2 Å². The minimum Gasteiger partial charge on any atom is -0.318 e. The number of carbonyl (C=O) groups excluding carboxylic acids is 1. The first-order chi connectivity index (χ1) is 10.7. The molecule has 8 heteroatoms. The maximum absolute atomic E-state index is 12.5. The number of aryl methyl sites for hydroxylation is 1. The molecule has 1 aromatic rings. The van der Waals surface area contributed by atoms with Crippen molar-refractivity contribution in [3.63, 3.8) is 0 Å². The van der Waals surface area contributed by atoms with E-state index in [2.05, 4.69) is 5.32 Å². The highest BCUT2D eigenvalue weighted by Gasteiger charge is 2.36. The fourth-order valence-electron chi connectivity index (χ4n) is 2.64. The number of nitrogens with one attached hydrogen (secondary N) is 1. The van der Waals surface area contributed by atoms with Gasteiger partial charge in [-0.05, 0) is 32.8 Å². The lowest BCUT2D eigenvalue weighted by Gasteiger charge is -2.29. The lowest BCUT2D eigenvalue weighted by Crippen LogP contribution is -2.46. The molecule has 1 unspecified atom stereocenters. The van der Waals surface area contributed by atoms with E-state index in [1.54, 1.807) is 24.1 Å². The van der Waals surface area contributed by atoms with Crippen LogP contribution in [0.1, 0.15) is 26.7 Å². The number of hydrogen-bond donors (Lipinski definition) is 1. The summed E-state index contributed by atoms with van der Waals surface area (Å²) in [6, 6.07) is 2.32. The van der Waals surface area contributed by atoms with Gasteiger partial charge in [0.1, 0.15) is 9.84 Å². The zero-order valence-electron chi connectivity index (χ0n) is 13.7. The molecule has 1 heterocycles. The number of urea groups is 1. The molecule has 1 aliphatic carbocycles. The Balaban J connectivity index is 2.14. The molecule has 1 aliphatic rings. The van der Waals surface area contributed by atoms with Gasteiger partial charge in [0.15, 0.2) is 0 Å². The van der Waals surface area contributed by atoms with Crippen molar-refractivity contribution in [2.75, 3.05) is 17.3 Å². The number of carbonyl (C=O) groups is 1. The van der Waals surface area contributed by atoms with Crippen molar-refractivity contribution >= 4 is 21.6 Å². The molecule has 2 rings (SSSR count). The molecular formula is C15H23N3O4S. The van der Waals surface area contributed by atoms with Crippen LogP contribution in [0.15, 0.2) is 23.1 Å². The van der Waals surface area contributed by atoms with Crippen molar-refractivity contribution in [1.29, 1.82) is 0 Å². The first-order valence-corrected chi connectivity index (χ1v) is 9.75. The molecule has 2 amide bonds. The first-order valence-electron chi connectivity index (χ1n) is 7.69. The molecular weight excluding hydrogens is 318 g/mol. The molecule has 7 nitrogen and oxygen atoms in total. The highest BCUT2D eigenvalue weighted by atomic mass is 32.2. The molecule has 1 saturated carbocycles. The molecule has 0 spiro atoms. The zero-order chi connectivity index (χ0) is 17.2. The van der Waals surface area contributed by atoms with Gasteiger partial charge >= 0.3 is 6.03 Å². The minimum absolute atomic E-state index is 0.0641. The van der Waals surface area contributed by atoms with Gasteiger partial charge in [-0.15, -0.1) is 0 Å². The Morgan fingerprint density at radius 2 is 2.09 bits per heavy atom. The summed E-state index contributed by atoms with van der Waals surface area (Å²) in [5.41, 5.74) is 0.392. The maximum atomic E-state index is 12.5. The Kier molecular flexibility index (Phi) is 5.13. The number of anilines is 1. The number of aromatic nitrogens is 1. The fraction of sp³-hybridized carbons (Fsp3) is 0.600. The number of hydrogen-bond acceptors (Lipinski definition) is 4. The van der Waals surface area contributed by atoms with Crippen molar-refractivity contribution in [3.8, 4) is 0 Å². The normalized spacial score (nSPS) is 16.0. The van der Waals surface area contributed by atoms with Crippen LogP contribution in [0.25, 0.3) is 0 Å². The number of pyridine rings is 1. The molecule has 0 bridgehead atoms. The Labute approximate surface area is 136 Å². The second-order valence-corrected chi connectivity index (χ2v) is 8.24. The van der Waals surface area contributed by atoms with E-state index in [1.807, 2.05) is 6.92 Å². The Bertz CT molecular complexity index is 737. The van der Waals surface area contributed by atoms with E-state index >= 15 is 0 Å². The SMILES string of the molecule is CCn1cc(NC(=O)N(C(C)CS(C)(=O)=O)C2CC2)ccc1=O. The van der Waals surface area contributed by atoms with E-state index in [0.29, 0.717) is 12.2 Å². The van der Waals surface area contributed by atoms with E-state index in [1.165, 1.54) is 16.9 Å². The van der Waals surface area contributed by atoms with Crippen LogP contribution in [0.3, 0.4) is 0 Å². The first kappa shape index (κ1) is 17.5. The van der Waals surface area contributed by atoms with Crippen molar-refractivity contribution in [3.05, 3.63) is 28.7 Å². The molecule has 0 saturated heterocycles. The van der Waals surface area contributed by atoms with Crippen LogP contribution in [0.5, 0.6) is 0 Å². The van der Waals surface area contributed by atoms with Gasteiger partial charge in [-0.2, -0.15) is 0 Å². The molecule has 1 atom stereocenters. The standard InChI is InChI=1S/C15H23N3O4S/c1-4-17-9-12(5-8-14(17)19)16-15(20)18(13-6-7-13)11(2)10-23(3,21)22/h5,8-9,11,13H,4,6-7,10H2,1-3H3,(H,16,20). The minimum atomic E-state index is -3.16. The summed E-state index contributed by atoms with van der Waals surface area (Å²) in [7, 11) is -3.16. The third kappa shape index (κ3) is 4.82. The Morgan fingerprint density at radius 1 is 1.43 bits per heavy atom. The lowest BCUT2D eigenvalue weighted by molar-refractivity contribution is 0.194. The predicted molar refractivity (Wildman–Crippen MR) is 89.4 cm³/mol. The smallest absolute Gasteiger partial charge is 0.318 e. The van der Waals surface area contributed by atoms with Crippen molar-refractivity contribution < 1.29 is 13.2 Å². The molecule has 0 aromatic carbocycles. The van der Waals surface area contributed by atoms with E-state index in [4.69, 9.17) is 0 Å². The number of amides is 2. The average Bonchev–Trinajstić information content (AvgIpc) is 3.23. The molecule has 1 aromatic heterocycles. The number of sulfone groups is 1. The van der Waals surface area contributed by atoms with Gasteiger partial charge in [0.05, 0.1) is 11.4 Å². The van der Waals surface area contributed by atoms with E-state index < -0.39 is 15.9 Å². The van der Waals surface area contributed by atoms with E-state index in [-0.39, 0.29) is 23.4 Å². The highest BCUT2D eigenvalue weighted by molar-refractivity contribution is 7.90. The largest absolute Gasteiger partial charge is 0.322 e. The zero-order valence-corrected chi connectivity index (χ0v) is 14.5. The van der Waals surface area contributed by atoms with Crippen LogP contribution in [-0.2, 0) is 16.4 Å². The molecule has 1 fully saturated rings. The van der Waals surface area contributed by atoms with Crippen molar-refractivity contribution in [1.82, 2.24) is 9.47 Å². The van der Waals surface area contributed by atoms with Gasteiger partial charge < -0.3 is 14.8 Å². The van der Waals surface area contributed by atoms with Crippen LogP contribution in [0.4, 0.5) is 10.5 Å². The highest BCUT2D eigenvalue weighted by Crippen LogP contribution is 2.29. The summed E-state index contributed by atoms with van der Waals surface area (Å²) in [6.45, 7) is 4.10. The Hall–Kier alpha value is -1.83. The average molecular weight is 341 g/mol. The van der Waals surface area contributed by atoms with Crippen molar-refractivity contribution in [2.24, 2.45) is 0 Å². The Morgan fingerprint density at radius 3 is 2.61 bits per heavy atom. The van der Waals surface area contributed by atoms with Crippen LogP contribution < -0.4 is 10.9 Å². The summed E-state index contributed by atoms with van der Waals surface area (Å²) in [6.07, 6.45) is 4.53. The van der Waals surface area contributed by atoms with Gasteiger partial charge in [-0.3, -0.25) is 4.79 Å². The second-order valence-electron chi connectivity index (χ2n) is 6.05. The van der Waals surface area contributed by atoms with Gasteiger partial charge in [0, 0.05) is 37.1 Å². The van der Waals surface area contributed by atoms with E-state index in [0.717, 1.165) is 12.8 Å². The quantitative estimate of drug-likeness (QED) is 0.844.